The van der Waals surface area contributed by atoms with Crippen molar-refractivity contribution < 1.29 is 146 Å². The van der Waals surface area contributed by atoms with E-state index in [1.807, 2.05) is 20.8 Å². The molecular weight excluding hydrogens is 1790 g/mol. The van der Waals surface area contributed by atoms with Crippen molar-refractivity contribution in [2.45, 2.75) is 335 Å². The van der Waals surface area contributed by atoms with Crippen molar-refractivity contribution in [3.8, 4) is 0 Å². The largest absolute Gasteiger partial charge is 2.00 e. The molecule has 4 unspecified atom stereocenters. The normalized spacial score (nSPS) is 10.8. The predicted octanol–water partition coefficient (Wildman–Crippen LogP) is 20.6. The van der Waals surface area contributed by atoms with E-state index < -0.39 is 5.97 Å². The molecule has 0 bridgehead atoms. The van der Waals surface area contributed by atoms with Crippen LogP contribution in [0.25, 0.3) is 0 Å². The van der Waals surface area contributed by atoms with Crippen molar-refractivity contribution in [1.82, 2.24) is 4.90 Å². The molecule has 0 aliphatic heterocycles. The number of nitrogens with zero attached hydrogens (tertiary/aromatic N) is 1. The third-order valence-corrected chi connectivity index (χ3v) is 13.4. The average molecular weight is 1940 g/mol. The molecule has 0 rings (SSSR count). The third-order valence-electron chi connectivity index (χ3n) is 13.4. The Morgan fingerprint density at radius 3 is 1.20 bits per heavy atom. The Morgan fingerprint density at radius 2 is 0.865 bits per heavy atom. The molecule has 0 aromatic heterocycles. The summed E-state index contributed by atoms with van der Waals surface area (Å²) in [5.74, 6) is 0.614. The molecule has 0 radical (unpaired) electrons. The number of aldehydes is 1. The van der Waals surface area contributed by atoms with Gasteiger partial charge in [0.05, 0.1) is 26.4 Å². The summed E-state index contributed by atoms with van der Waals surface area (Å²) in [6.45, 7) is 47.1. The summed E-state index contributed by atoms with van der Waals surface area (Å²) in [6.07, 6.45) is 47.0. The molecule has 4 atom stereocenters. The first-order valence-corrected chi connectivity index (χ1v) is 34.8. The number of hydrogen-bond acceptors (Lipinski definition) is 12. The van der Waals surface area contributed by atoms with Gasteiger partial charge in [0.25, 0.3) is 0 Å². The smallest absolute Gasteiger partial charge is 0.542 e. The van der Waals surface area contributed by atoms with Gasteiger partial charge < -0.3 is 70.7 Å². The van der Waals surface area contributed by atoms with E-state index in [4.69, 9.17) is 23.7 Å². The van der Waals surface area contributed by atoms with Crippen LogP contribution in [-0.2, 0) is 52.5 Å². The fourth-order valence-electron chi connectivity index (χ4n) is 7.21. The second-order valence-corrected chi connectivity index (χ2v) is 22.3. The number of ketones is 1. The number of unbranched alkanes of at least 4 members (excludes halogenated alkanes) is 22. The van der Waals surface area contributed by atoms with Crippen LogP contribution in [-0.4, -0.2) is 101 Å². The zero-order valence-electron chi connectivity index (χ0n) is 61.6. The molecular formula is C74H147NO11U3. The van der Waals surface area contributed by atoms with E-state index in [1.54, 1.807) is 20.3 Å². The van der Waals surface area contributed by atoms with E-state index >= 15 is 0 Å². The van der Waals surface area contributed by atoms with E-state index in [0.29, 0.717) is 50.4 Å². The first-order chi connectivity index (χ1) is 41.3. The molecule has 0 spiro atoms. The third kappa shape index (κ3) is 133. The fraction of sp³-hybridized carbons (Fsp3) is 0.851. The Balaban J connectivity index is -0.0000000840. The minimum Gasteiger partial charge on any atom is -0.542 e. The molecule has 0 amide bonds. The van der Waals surface area contributed by atoms with E-state index in [2.05, 4.69) is 96.9 Å². The fourth-order valence-corrected chi connectivity index (χ4v) is 7.21. The Kier molecular flexibility index (Phi) is 147. The second-order valence-electron chi connectivity index (χ2n) is 22.3. The summed E-state index contributed by atoms with van der Waals surface area (Å²) in [6, 6.07) is 0. The number of methoxy groups -OCH3 is 1. The van der Waals surface area contributed by atoms with Crippen LogP contribution < -0.4 is 0 Å². The van der Waals surface area contributed by atoms with Crippen LogP contribution in [0.4, 0.5) is 0 Å². The summed E-state index contributed by atoms with van der Waals surface area (Å²) in [5.41, 5.74) is 0. The first-order valence-electron chi connectivity index (χ1n) is 34.8. The van der Waals surface area contributed by atoms with Gasteiger partial charge in [-0.25, -0.2) is 6.29 Å². The molecule has 0 aromatic carbocycles. The minimum absolute atomic E-state index is 0. The van der Waals surface area contributed by atoms with Crippen molar-refractivity contribution in [2.24, 2.45) is 23.7 Å². The number of ether oxygens (including phenoxy) is 4. The Morgan fingerprint density at radius 1 is 0.483 bits per heavy atom. The van der Waals surface area contributed by atoms with Crippen LogP contribution in [0.2, 0.25) is 0 Å². The Hall–Kier alpha value is 0.0358. The maximum absolute atomic E-state index is 11.9. The molecule has 0 saturated carbocycles. The molecule has 12 nitrogen and oxygen atoms in total. The standard InChI is InChI=1S/C23H39NO6.C11H22O2.C9H20O.2C8H17.C6H12O.C4H10.C3H7.C2H3O.3U/c1-6-19(4)21(17-30-22(27)7-2)11-9-8-10-18(3)16-29-23(28)15-24(12-13-25)14-20(5)26;1-3-5-6-7-8-9-10-13-11(12)4-2;1-3-4-5-6-7-8-9-10-2;2*1-3-5-7-8-6-4-2;1-3-6(2)4-5-7;1-3-4-2;1-3-2;1-2-3;;;/h18-19,21H,5-12,14-17H2,1-4H3;3-10H2,1-2H3;3-9H2,1-2H3;2*1,3-8H2,2H3;5-6H,3-4H2,1-2H3;3-4H2,1-2H3;1,3H2,2H3;1H3;;;/q-2;;;2*-1;;;2*-1;3*+2. The molecule has 0 aliphatic carbocycles. The van der Waals surface area contributed by atoms with Crippen molar-refractivity contribution in [3.63, 3.8) is 0 Å². The van der Waals surface area contributed by atoms with Crippen LogP contribution >= 0.6 is 0 Å². The minimum atomic E-state index is -0.465. The molecule has 0 fully saturated rings. The molecule has 0 aromatic rings. The van der Waals surface area contributed by atoms with Gasteiger partial charge in [-0.3, -0.25) is 20.7 Å². The van der Waals surface area contributed by atoms with Gasteiger partial charge in [-0.2, -0.15) is 26.2 Å². The average Bonchev–Trinajstić information content (AvgIpc) is 3.69. The zero-order chi connectivity index (χ0) is 67.6. The van der Waals surface area contributed by atoms with Gasteiger partial charge in [-0.05, 0) is 49.4 Å². The van der Waals surface area contributed by atoms with Crippen LogP contribution in [0.1, 0.15) is 335 Å². The van der Waals surface area contributed by atoms with Crippen LogP contribution in [0.3, 0.4) is 0 Å². The first kappa shape index (κ1) is 116. The second kappa shape index (κ2) is 112. The molecule has 0 aliphatic rings. The maximum Gasteiger partial charge on any atom is 2.00 e. The number of Topliss-reactive ketones (excluding diaryl/α,β-unsaturated/α-hetero) is 1. The monoisotopic (exact) mass is 1940 g/mol. The topological polar surface area (TPSA) is 160 Å². The number of hydrogen-bond donors (Lipinski definition) is 0. The molecule has 89 heavy (non-hydrogen) atoms. The molecule has 526 valence electrons. The van der Waals surface area contributed by atoms with Crippen molar-refractivity contribution in [1.29, 1.82) is 0 Å². The summed E-state index contributed by atoms with van der Waals surface area (Å²) in [4.78, 5) is 75.5. The maximum atomic E-state index is 11.9. The van der Waals surface area contributed by atoms with E-state index in [1.165, 1.54) is 166 Å². The Labute approximate surface area is 626 Å². The van der Waals surface area contributed by atoms with Gasteiger partial charge in [0.15, 0.2) is 0 Å². The molecule has 0 heterocycles. The van der Waals surface area contributed by atoms with Crippen molar-refractivity contribution in [2.75, 3.05) is 53.2 Å². The van der Waals surface area contributed by atoms with Gasteiger partial charge >= 0.3 is 111 Å². The Bertz CT molecular complexity index is 1270. The van der Waals surface area contributed by atoms with E-state index in [0.717, 1.165) is 83.5 Å². The summed E-state index contributed by atoms with van der Waals surface area (Å²) in [7, 11) is 1.77. The van der Waals surface area contributed by atoms with Gasteiger partial charge in [0, 0.05) is 45.3 Å². The van der Waals surface area contributed by atoms with Gasteiger partial charge in [0.2, 0.25) is 0 Å². The van der Waals surface area contributed by atoms with Crippen LogP contribution in [0, 0.1) is 145 Å². The molecule has 15 heteroatoms. The van der Waals surface area contributed by atoms with Crippen LogP contribution in [0.5, 0.6) is 0 Å². The van der Waals surface area contributed by atoms with Crippen molar-refractivity contribution >= 4 is 42.5 Å². The number of carbonyl (C=O) groups is 5. The molecule has 0 saturated heterocycles. The van der Waals surface area contributed by atoms with Gasteiger partial charge in [-0.15, -0.1) is 0 Å². The number of rotatable bonds is 47. The van der Waals surface area contributed by atoms with Crippen molar-refractivity contribution in [3.05, 3.63) is 27.7 Å². The summed E-state index contributed by atoms with van der Waals surface area (Å²) in [5, 5.41) is 0. The molecule has 0 N–H and O–H groups in total. The SMILES string of the molecule is CCC(C)CC=O.CCCC.CCCCCCCCOC.CCCCCCCCOC(=O)CC.C[C-]=O.[CH2-]C(=O)CN(C[C-]=O)CC(=O)OCC(C)CCCCC(COC(=O)CC)C(C)CC.[CH2-]CC.[CH2-]CCCCCCC.[CH2-]CCCCCCC.[U+2].[U+2].[U+2]. The summed E-state index contributed by atoms with van der Waals surface area (Å²) >= 11 is 0. The number of esters is 3. The zero-order valence-corrected chi connectivity index (χ0v) is 74.0. The quantitative estimate of drug-likeness (QED) is 0.0187. The van der Waals surface area contributed by atoms with Gasteiger partial charge in [-0.1, -0.05) is 270 Å². The van der Waals surface area contributed by atoms with E-state index in [9.17, 15) is 28.8 Å². The summed E-state index contributed by atoms with van der Waals surface area (Å²) < 4.78 is 20.5. The van der Waals surface area contributed by atoms with Gasteiger partial charge in [0.1, 0.15) is 6.29 Å². The van der Waals surface area contributed by atoms with Crippen LogP contribution in [0.15, 0.2) is 0 Å². The van der Waals surface area contributed by atoms with E-state index in [-0.39, 0.29) is 137 Å². The number of carbonyl (C=O) groups excluding carboxylic acids is 7. The predicted molar refractivity (Wildman–Crippen MR) is 370 cm³/mol.